The number of nitrogen functional groups attached to an aromatic ring is 1. The molecule has 1 rings (SSSR count). The van der Waals surface area contributed by atoms with Gasteiger partial charge in [-0.1, -0.05) is 6.92 Å². The van der Waals surface area contributed by atoms with Gasteiger partial charge in [-0.25, -0.2) is 9.97 Å². The summed E-state index contributed by atoms with van der Waals surface area (Å²) in [4.78, 5) is 24.5. The van der Waals surface area contributed by atoms with Gasteiger partial charge in [-0.15, -0.1) is 0 Å². The molecule has 0 fully saturated rings. The van der Waals surface area contributed by atoms with E-state index in [9.17, 15) is 4.79 Å². The lowest BCUT2D eigenvalue weighted by molar-refractivity contribution is -0.129. The van der Waals surface area contributed by atoms with Gasteiger partial charge in [0.15, 0.2) is 0 Å². The van der Waals surface area contributed by atoms with E-state index in [0.717, 1.165) is 17.8 Å². The molecule has 1 aromatic rings. The lowest BCUT2D eigenvalue weighted by atomic mass is 10.2. The number of carbonyl (C=O) groups is 1. The van der Waals surface area contributed by atoms with E-state index in [0.29, 0.717) is 31.3 Å². The third kappa shape index (κ3) is 3.59. The molecular weight excluding hydrogens is 254 g/mol. The van der Waals surface area contributed by atoms with Crippen LogP contribution in [-0.4, -0.2) is 47.5 Å². The number of carbonyl (C=O) groups excluding carboxylic acids is 1. The summed E-state index contributed by atoms with van der Waals surface area (Å²) in [6.45, 7) is 9.54. The molecule has 0 spiro atoms. The fourth-order valence-electron chi connectivity index (χ4n) is 2.05. The van der Waals surface area contributed by atoms with Crippen LogP contribution in [0.3, 0.4) is 0 Å². The van der Waals surface area contributed by atoms with Crippen LogP contribution in [0.15, 0.2) is 0 Å². The van der Waals surface area contributed by atoms with Crippen LogP contribution in [0.4, 0.5) is 11.6 Å². The number of hydrogen-bond acceptors (Lipinski definition) is 5. The topological polar surface area (TPSA) is 75.3 Å². The van der Waals surface area contributed by atoms with Crippen LogP contribution in [0, 0.1) is 6.92 Å². The Morgan fingerprint density at radius 3 is 2.30 bits per heavy atom. The molecule has 0 aromatic carbocycles. The summed E-state index contributed by atoms with van der Waals surface area (Å²) in [7, 11) is 1.86. The third-order valence-electron chi connectivity index (χ3n) is 3.37. The van der Waals surface area contributed by atoms with Crippen molar-refractivity contribution in [2.24, 2.45) is 0 Å². The van der Waals surface area contributed by atoms with Crippen LogP contribution < -0.4 is 10.6 Å². The van der Waals surface area contributed by atoms with E-state index in [4.69, 9.17) is 5.73 Å². The first kappa shape index (κ1) is 16.2. The van der Waals surface area contributed by atoms with Crippen molar-refractivity contribution in [1.82, 2.24) is 14.9 Å². The summed E-state index contributed by atoms with van der Waals surface area (Å²) in [6.07, 6.45) is 0.718. The van der Waals surface area contributed by atoms with Gasteiger partial charge in [0.25, 0.3) is 0 Å². The van der Waals surface area contributed by atoms with Crippen molar-refractivity contribution in [2.45, 2.75) is 34.1 Å². The summed E-state index contributed by atoms with van der Waals surface area (Å²) in [5.74, 6) is 2.00. The second-order valence-electron chi connectivity index (χ2n) is 4.75. The predicted octanol–water partition coefficient (Wildman–Crippen LogP) is 1.23. The number of amides is 1. The van der Waals surface area contributed by atoms with Gasteiger partial charge < -0.3 is 15.5 Å². The van der Waals surface area contributed by atoms with Crippen molar-refractivity contribution in [3.8, 4) is 0 Å². The Morgan fingerprint density at radius 1 is 1.20 bits per heavy atom. The summed E-state index contributed by atoms with van der Waals surface area (Å²) in [6, 6.07) is 0. The maximum atomic E-state index is 12.1. The van der Waals surface area contributed by atoms with E-state index >= 15 is 0 Å². The molecule has 6 nitrogen and oxygen atoms in total. The van der Waals surface area contributed by atoms with Gasteiger partial charge in [0.1, 0.15) is 17.5 Å². The van der Waals surface area contributed by atoms with Gasteiger partial charge in [0.05, 0.1) is 6.54 Å². The van der Waals surface area contributed by atoms with Gasteiger partial charge in [-0.2, -0.15) is 0 Å². The van der Waals surface area contributed by atoms with Crippen molar-refractivity contribution < 1.29 is 4.79 Å². The minimum absolute atomic E-state index is 0.0899. The van der Waals surface area contributed by atoms with Crippen LogP contribution in [0.2, 0.25) is 0 Å². The number of anilines is 2. The van der Waals surface area contributed by atoms with E-state index in [1.54, 1.807) is 4.90 Å². The Morgan fingerprint density at radius 2 is 1.80 bits per heavy atom. The zero-order chi connectivity index (χ0) is 15.3. The van der Waals surface area contributed by atoms with Crippen molar-refractivity contribution in [3.05, 3.63) is 11.4 Å². The summed E-state index contributed by atoms with van der Waals surface area (Å²) in [5.41, 5.74) is 6.72. The summed E-state index contributed by atoms with van der Waals surface area (Å²) >= 11 is 0. The van der Waals surface area contributed by atoms with Gasteiger partial charge in [0, 0.05) is 32.1 Å². The number of aryl methyl sites for hydroxylation is 1. The van der Waals surface area contributed by atoms with E-state index in [1.165, 1.54) is 0 Å². The van der Waals surface area contributed by atoms with Gasteiger partial charge >= 0.3 is 0 Å². The Labute approximate surface area is 121 Å². The van der Waals surface area contributed by atoms with Gasteiger partial charge in [0.2, 0.25) is 5.91 Å². The molecule has 0 aliphatic rings. The normalized spacial score (nSPS) is 10.4. The first-order valence-electron chi connectivity index (χ1n) is 7.06. The van der Waals surface area contributed by atoms with Crippen LogP contribution in [0.5, 0.6) is 0 Å². The Hall–Kier alpha value is -1.85. The van der Waals surface area contributed by atoms with Gasteiger partial charge in [-0.05, 0) is 20.8 Å². The van der Waals surface area contributed by atoms with E-state index < -0.39 is 0 Å². The standard InChI is InChI=1S/C14H25N5O/c1-6-11-16-13(15)10(4)14(17-11)18(5)9-12(20)19(7-2)8-3/h6-9H2,1-5H3,(H2,15,16,17). The molecule has 0 aliphatic heterocycles. The van der Waals surface area contributed by atoms with Crippen molar-refractivity contribution in [1.29, 1.82) is 0 Å². The molecule has 0 bridgehead atoms. The second-order valence-corrected chi connectivity index (χ2v) is 4.75. The molecule has 1 aromatic heterocycles. The summed E-state index contributed by atoms with van der Waals surface area (Å²) in [5, 5.41) is 0. The zero-order valence-electron chi connectivity index (χ0n) is 13.1. The highest BCUT2D eigenvalue weighted by Gasteiger charge is 2.17. The zero-order valence-corrected chi connectivity index (χ0v) is 13.1. The fourth-order valence-corrected chi connectivity index (χ4v) is 2.05. The molecule has 0 aliphatic carbocycles. The number of rotatable bonds is 6. The van der Waals surface area contributed by atoms with Crippen molar-refractivity contribution in [3.63, 3.8) is 0 Å². The molecule has 20 heavy (non-hydrogen) atoms. The first-order chi connectivity index (χ1) is 9.44. The molecule has 0 radical (unpaired) electrons. The van der Waals surface area contributed by atoms with Crippen molar-refractivity contribution >= 4 is 17.5 Å². The molecule has 6 heteroatoms. The maximum absolute atomic E-state index is 12.1. The monoisotopic (exact) mass is 279 g/mol. The molecule has 2 N–H and O–H groups in total. The Kier molecular flexibility index (Phi) is 5.73. The fraction of sp³-hybridized carbons (Fsp3) is 0.643. The highest BCUT2D eigenvalue weighted by Crippen LogP contribution is 2.20. The molecule has 0 unspecified atom stereocenters. The average Bonchev–Trinajstić information content (AvgIpc) is 2.42. The molecular formula is C14H25N5O. The minimum atomic E-state index is 0.0899. The van der Waals surface area contributed by atoms with Crippen molar-refractivity contribution in [2.75, 3.05) is 37.3 Å². The van der Waals surface area contributed by atoms with Crippen LogP contribution in [-0.2, 0) is 11.2 Å². The predicted molar refractivity (Wildman–Crippen MR) is 81.8 cm³/mol. The Bertz CT molecular complexity index is 471. The van der Waals surface area contributed by atoms with Gasteiger partial charge in [-0.3, -0.25) is 4.79 Å². The largest absolute Gasteiger partial charge is 0.383 e. The molecule has 1 amide bonds. The van der Waals surface area contributed by atoms with E-state index in [-0.39, 0.29) is 5.91 Å². The van der Waals surface area contributed by atoms with Crippen LogP contribution in [0.25, 0.3) is 0 Å². The van der Waals surface area contributed by atoms with E-state index in [2.05, 4.69) is 9.97 Å². The van der Waals surface area contributed by atoms with Crippen LogP contribution >= 0.6 is 0 Å². The number of nitrogens with zero attached hydrogens (tertiary/aromatic N) is 4. The number of hydrogen-bond donors (Lipinski definition) is 1. The number of likely N-dealkylation sites (N-methyl/N-ethyl adjacent to an activating group) is 2. The third-order valence-corrected chi connectivity index (χ3v) is 3.37. The van der Waals surface area contributed by atoms with E-state index in [1.807, 2.05) is 39.6 Å². The molecule has 0 saturated carbocycles. The average molecular weight is 279 g/mol. The minimum Gasteiger partial charge on any atom is -0.383 e. The second kappa shape index (κ2) is 7.07. The lowest BCUT2D eigenvalue weighted by Crippen LogP contribution is -2.39. The maximum Gasteiger partial charge on any atom is 0.242 e. The SMILES string of the molecule is CCc1nc(N)c(C)c(N(C)CC(=O)N(CC)CC)n1. The highest BCUT2D eigenvalue weighted by molar-refractivity contribution is 5.81. The Balaban J connectivity index is 2.94. The molecule has 112 valence electrons. The van der Waals surface area contributed by atoms with Crippen LogP contribution in [0.1, 0.15) is 32.2 Å². The smallest absolute Gasteiger partial charge is 0.242 e. The number of aromatic nitrogens is 2. The quantitative estimate of drug-likeness (QED) is 0.847. The molecule has 0 saturated heterocycles. The number of nitrogens with two attached hydrogens (primary N) is 1. The first-order valence-corrected chi connectivity index (χ1v) is 7.06. The highest BCUT2D eigenvalue weighted by atomic mass is 16.2. The molecule has 0 atom stereocenters. The lowest BCUT2D eigenvalue weighted by Gasteiger charge is -2.25. The summed E-state index contributed by atoms with van der Waals surface area (Å²) < 4.78 is 0. The molecule has 1 heterocycles.